The van der Waals surface area contributed by atoms with E-state index in [9.17, 15) is 19.5 Å². The van der Waals surface area contributed by atoms with Gasteiger partial charge in [-0.05, 0) is 44.0 Å². The Kier molecular flexibility index (Phi) is 5.40. The lowest BCUT2D eigenvalue weighted by atomic mass is 10.0. The number of hydrazone groups is 1. The highest BCUT2D eigenvalue weighted by molar-refractivity contribution is 5.94. The number of carbonyl (C=O) groups is 1. The highest BCUT2D eigenvalue weighted by Crippen LogP contribution is 2.23. The average molecular weight is 393 g/mol. The summed E-state index contributed by atoms with van der Waals surface area (Å²) in [6.45, 7) is 5.52. The fourth-order valence-corrected chi connectivity index (χ4v) is 3.11. The molecule has 0 saturated heterocycles. The lowest BCUT2D eigenvalue weighted by Gasteiger charge is -2.15. The van der Waals surface area contributed by atoms with Crippen LogP contribution in [0.25, 0.3) is 5.69 Å². The fraction of sp³-hybridized carbons (Fsp3) is 0.150. The Morgan fingerprint density at radius 2 is 1.79 bits per heavy atom. The molecule has 1 amide bonds. The smallest absolute Gasteiger partial charge is 0.335 e. The van der Waals surface area contributed by atoms with Gasteiger partial charge in [-0.25, -0.2) is 14.8 Å². The molecule has 9 heteroatoms. The number of H-pyrrole nitrogens is 1. The molecule has 0 spiro atoms. The molecule has 2 aromatic heterocycles. The summed E-state index contributed by atoms with van der Waals surface area (Å²) in [7, 11) is 0. The van der Waals surface area contributed by atoms with E-state index in [4.69, 9.17) is 0 Å². The Hall–Kier alpha value is -4.01. The monoisotopic (exact) mass is 393 g/mol. The van der Waals surface area contributed by atoms with Crippen LogP contribution < -0.4 is 16.7 Å². The van der Waals surface area contributed by atoms with E-state index in [1.807, 2.05) is 19.1 Å². The van der Waals surface area contributed by atoms with Gasteiger partial charge in [0.2, 0.25) is 5.88 Å². The van der Waals surface area contributed by atoms with Gasteiger partial charge < -0.3 is 5.11 Å². The molecule has 29 heavy (non-hydrogen) atoms. The Balaban J connectivity index is 2.02. The van der Waals surface area contributed by atoms with E-state index in [-0.39, 0.29) is 5.56 Å². The first-order chi connectivity index (χ1) is 13.8. The standard InChI is InChI=1S/C20H19N5O4/c1-11-8-12(2)16(13(3)9-11)25-19(28)15(18(27)23-20(25)29)10-22-24-17(26)14-4-6-21-7-5-14/h4-10,28H,1-3H3,(H,24,26)(H,23,27,29)/b22-10+. The number of aromatic nitrogens is 3. The van der Waals surface area contributed by atoms with Crippen molar-refractivity contribution in [2.24, 2.45) is 5.10 Å². The van der Waals surface area contributed by atoms with Crippen LogP contribution >= 0.6 is 0 Å². The normalized spacial score (nSPS) is 11.0. The van der Waals surface area contributed by atoms with Gasteiger partial charge in [-0.3, -0.25) is 19.6 Å². The molecule has 0 atom stereocenters. The van der Waals surface area contributed by atoms with Crippen LogP contribution in [0.4, 0.5) is 0 Å². The van der Waals surface area contributed by atoms with Crippen LogP contribution in [0.15, 0.2) is 51.3 Å². The Morgan fingerprint density at radius 3 is 2.41 bits per heavy atom. The SMILES string of the molecule is Cc1cc(C)c(-n2c(O)c(/C=N/NC(=O)c3ccncc3)c(=O)[nH]c2=O)c(C)c1. The van der Waals surface area contributed by atoms with Gasteiger partial charge in [-0.2, -0.15) is 5.10 Å². The number of nitrogens with zero attached hydrogens (tertiary/aromatic N) is 3. The van der Waals surface area contributed by atoms with Crippen molar-refractivity contribution >= 4 is 12.1 Å². The van der Waals surface area contributed by atoms with Gasteiger partial charge in [0.05, 0.1) is 11.9 Å². The third-order valence-electron chi connectivity index (χ3n) is 4.28. The number of amides is 1. The number of carbonyl (C=O) groups excluding carboxylic acids is 1. The molecule has 1 aromatic carbocycles. The van der Waals surface area contributed by atoms with Gasteiger partial charge >= 0.3 is 5.69 Å². The number of pyridine rings is 1. The van der Waals surface area contributed by atoms with Crippen molar-refractivity contribution in [3.05, 3.63) is 85.3 Å². The van der Waals surface area contributed by atoms with Gasteiger partial charge in [0.25, 0.3) is 11.5 Å². The Bertz CT molecular complexity index is 1200. The van der Waals surface area contributed by atoms with E-state index in [0.717, 1.165) is 27.5 Å². The largest absolute Gasteiger partial charge is 0.493 e. The molecule has 2 heterocycles. The third-order valence-corrected chi connectivity index (χ3v) is 4.28. The Labute approximate surface area is 165 Å². The number of aryl methyl sites for hydroxylation is 3. The molecule has 0 bridgehead atoms. The van der Waals surface area contributed by atoms with E-state index < -0.39 is 23.0 Å². The molecule has 0 saturated carbocycles. The highest BCUT2D eigenvalue weighted by atomic mass is 16.3. The van der Waals surface area contributed by atoms with Gasteiger partial charge in [0.15, 0.2) is 0 Å². The zero-order valence-corrected chi connectivity index (χ0v) is 16.1. The number of hydrogen-bond acceptors (Lipinski definition) is 6. The highest BCUT2D eigenvalue weighted by Gasteiger charge is 2.17. The molecule has 9 nitrogen and oxygen atoms in total. The van der Waals surface area contributed by atoms with Crippen molar-refractivity contribution in [1.29, 1.82) is 0 Å². The lowest BCUT2D eigenvalue weighted by Crippen LogP contribution is -2.32. The van der Waals surface area contributed by atoms with Crippen molar-refractivity contribution in [3.8, 4) is 11.6 Å². The fourth-order valence-electron chi connectivity index (χ4n) is 3.11. The molecule has 0 aliphatic carbocycles. The first-order valence-electron chi connectivity index (χ1n) is 8.69. The second kappa shape index (κ2) is 7.93. The van der Waals surface area contributed by atoms with Crippen LogP contribution in [0.2, 0.25) is 0 Å². The zero-order chi connectivity index (χ0) is 21.1. The summed E-state index contributed by atoms with van der Waals surface area (Å²) >= 11 is 0. The number of benzene rings is 1. The summed E-state index contributed by atoms with van der Waals surface area (Å²) in [5.74, 6) is -1.09. The molecule has 3 N–H and O–H groups in total. The summed E-state index contributed by atoms with van der Waals surface area (Å²) in [4.78, 5) is 42.6. The topological polar surface area (TPSA) is 129 Å². The van der Waals surface area contributed by atoms with Crippen LogP contribution in [0.5, 0.6) is 5.88 Å². The van der Waals surface area contributed by atoms with Crippen molar-refractivity contribution in [2.75, 3.05) is 0 Å². The molecule has 3 rings (SSSR count). The molecule has 0 aliphatic rings. The van der Waals surface area contributed by atoms with E-state index in [0.29, 0.717) is 11.3 Å². The second-order valence-corrected chi connectivity index (χ2v) is 6.51. The predicted octanol–water partition coefficient (Wildman–Crippen LogP) is 1.32. The van der Waals surface area contributed by atoms with Crippen molar-refractivity contribution in [2.45, 2.75) is 20.8 Å². The van der Waals surface area contributed by atoms with Gasteiger partial charge in [-0.1, -0.05) is 17.7 Å². The van der Waals surface area contributed by atoms with Crippen LogP contribution in [0, 0.1) is 20.8 Å². The minimum absolute atomic E-state index is 0.265. The number of hydrogen-bond donors (Lipinski definition) is 3. The number of aromatic hydroxyl groups is 1. The maximum absolute atomic E-state index is 12.4. The van der Waals surface area contributed by atoms with E-state index in [1.165, 1.54) is 24.5 Å². The number of nitrogens with one attached hydrogen (secondary N) is 2. The molecular weight excluding hydrogens is 374 g/mol. The van der Waals surface area contributed by atoms with Crippen LogP contribution in [0.1, 0.15) is 32.6 Å². The first kappa shape index (κ1) is 19.7. The molecule has 0 aliphatic heterocycles. The Morgan fingerprint density at radius 1 is 1.17 bits per heavy atom. The molecule has 3 aromatic rings. The summed E-state index contributed by atoms with van der Waals surface area (Å²) in [6.07, 6.45) is 3.90. The number of rotatable bonds is 4. The summed E-state index contributed by atoms with van der Waals surface area (Å²) in [6, 6.07) is 6.72. The predicted molar refractivity (Wildman–Crippen MR) is 108 cm³/mol. The van der Waals surface area contributed by atoms with Crippen LogP contribution in [-0.2, 0) is 0 Å². The van der Waals surface area contributed by atoms with Gasteiger partial charge in [-0.15, -0.1) is 0 Å². The quantitative estimate of drug-likeness (QED) is 0.455. The summed E-state index contributed by atoms with van der Waals surface area (Å²) < 4.78 is 1.01. The van der Waals surface area contributed by atoms with Crippen LogP contribution in [-0.4, -0.2) is 31.8 Å². The minimum Gasteiger partial charge on any atom is -0.493 e. The first-order valence-corrected chi connectivity index (χ1v) is 8.69. The molecule has 0 radical (unpaired) electrons. The van der Waals surface area contributed by atoms with Crippen molar-refractivity contribution in [1.82, 2.24) is 20.0 Å². The minimum atomic E-state index is -0.826. The third kappa shape index (κ3) is 3.98. The maximum atomic E-state index is 12.4. The van der Waals surface area contributed by atoms with E-state index in [2.05, 4.69) is 20.5 Å². The second-order valence-electron chi connectivity index (χ2n) is 6.51. The van der Waals surface area contributed by atoms with Gasteiger partial charge in [0.1, 0.15) is 5.56 Å². The number of aromatic amines is 1. The van der Waals surface area contributed by atoms with Crippen LogP contribution in [0.3, 0.4) is 0 Å². The lowest BCUT2D eigenvalue weighted by molar-refractivity contribution is 0.0955. The zero-order valence-electron chi connectivity index (χ0n) is 16.1. The summed E-state index contributed by atoms with van der Waals surface area (Å²) in [5, 5.41) is 14.4. The maximum Gasteiger partial charge on any atom is 0.335 e. The van der Waals surface area contributed by atoms with Gasteiger partial charge in [0, 0.05) is 18.0 Å². The molecule has 0 fully saturated rings. The average Bonchev–Trinajstić information content (AvgIpc) is 2.66. The molecule has 0 unspecified atom stereocenters. The van der Waals surface area contributed by atoms with Crippen molar-refractivity contribution < 1.29 is 9.90 Å². The van der Waals surface area contributed by atoms with E-state index >= 15 is 0 Å². The van der Waals surface area contributed by atoms with E-state index in [1.54, 1.807) is 13.8 Å². The van der Waals surface area contributed by atoms with Crippen molar-refractivity contribution in [3.63, 3.8) is 0 Å². The summed E-state index contributed by atoms with van der Waals surface area (Å²) in [5.41, 5.74) is 3.68. The molecule has 148 valence electrons. The molecular formula is C20H19N5O4.